The maximum atomic E-state index is 12.4. The molecule has 1 atom stereocenters. The molecule has 1 aliphatic heterocycles. The van der Waals surface area contributed by atoms with Crippen LogP contribution in [0.1, 0.15) is 25.0 Å². The molecule has 1 heterocycles. The average molecular weight is 419 g/mol. The van der Waals surface area contributed by atoms with Crippen LogP contribution >= 0.6 is 23.4 Å². The van der Waals surface area contributed by atoms with Gasteiger partial charge in [0.2, 0.25) is 0 Å². The van der Waals surface area contributed by atoms with E-state index < -0.39 is 0 Å². The summed E-state index contributed by atoms with van der Waals surface area (Å²) in [6.07, 6.45) is 2.79. The number of carbonyl (C=O) groups is 1. The van der Waals surface area contributed by atoms with Crippen LogP contribution in [0.15, 0.2) is 41.3 Å². The second kappa shape index (κ2) is 9.26. The molecule has 5 nitrogen and oxygen atoms in total. The molecule has 7 heteroatoms. The van der Waals surface area contributed by atoms with Gasteiger partial charge in [0.15, 0.2) is 17.0 Å². The summed E-state index contributed by atoms with van der Waals surface area (Å²) in [4.78, 5) is 13.0. The highest BCUT2D eigenvalue weighted by Crippen LogP contribution is 2.38. The van der Waals surface area contributed by atoms with E-state index in [1.54, 1.807) is 19.3 Å². The van der Waals surface area contributed by atoms with Crippen LogP contribution in [-0.4, -0.2) is 25.1 Å². The number of aryl methyl sites for hydroxylation is 1. The third-order valence-corrected chi connectivity index (χ3v) is 5.54. The van der Waals surface area contributed by atoms with Crippen molar-refractivity contribution in [3.8, 4) is 11.5 Å². The molecule has 148 valence electrons. The van der Waals surface area contributed by atoms with Gasteiger partial charge in [-0.15, -0.1) is 0 Å². The van der Waals surface area contributed by atoms with E-state index in [4.69, 9.17) is 21.1 Å². The van der Waals surface area contributed by atoms with Crippen molar-refractivity contribution in [1.82, 2.24) is 5.32 Å². The molecule has 0 aromatic heterocycles. The van der Waals surface area contributed by atoms with E-state index in [1.807, 2.05) is 25.1 Å². The lowest BCUT2D eigenvalue weighted by molar-refractivity contribution is -0.116. The van der Waals surface area contributed by atoms with Gasteiger partial charge in [0, 0.05) is 5.69 Å². The fraction of sp³-hybridized carbons (Fsp3) is 0.286. The van der Waals surface area contributed by atoms with Gasteiger partial charge < -0.3 is 20.1 Å². The Morgan fingerprint density at radius 2 is 2.00 bits per heavy atom. The number of benzene rings is 2. The largest absolute Gasteiger partial charge is 0.493 e. The molecule has 28 heavy (non-hydrogen) atoms. The summed E-state index contributed by atoms with van der Waals surface area (Å²) in [5.74, 6) is 0.916. The molecule has 1 fully saturated rings. The Balaban J connectivity index is 1.75. The van der Waals surface area contributed by atoms with Crippen LogP contribution < -0.4 is 20.1 Å². The van der Waals surface area contributed by atoms with Crippen molar-refractivity contribution in [3.05, 3.63) is 57.5 Å². The first-order valence-electron chi connectivity index (χ1n) is 9.09. The molecule has 0 radical (unpaired) electrons. The average Bonchev–Trinajstić information content (AvgIpc) is 3.03. The van der Waals surface area contributed by atoms with E-state index in [0.29, 0.717) is 28.0 Å². The van der Waals surface area contributed by atoms with Crippen molar-refractivity contribution in [1.29, 1.82) is 0 Å². The molecule has 3 rings (SSSR count). The molecule has 1 saturated heterocycles. The summed E-state index contributed by atoms with van der Waals surface area (Å²) >= 11 is 7.75. The Hall–Kier alpha value is -2.31. The van der Waals surface area contributed by atoms with Crippen molar-refractivity contribution < 1.29 is 14.3 Å². The van der Waals surface area contributed by atoms with Crippen molar-refractivity contribution >= 4 is 41.0 Å². The molecule has 0 unspecified atom stereocenters. The van der Waals surface area contributed by atoms with E-state index in [1.165, 1.54) is 17.3 Å². The van der Waals surface area contributed by atoms with E-state index in [-0.39, 0.29) is 11.4 Å². The number of methoxy groups -OCH3 is 1. The number of anilines is 1. The third-order valence-electron chi connectivity index (χ3n) is 4.23. The Kier molecular flexibility index (Phi) is 6.75. The first-order chi connectivity index (χ1) is 13.5. The molecule has 0 bridgehead atoms. The van der Waals surface area contributed by atoms with Gasteiger partial charge in [0.1, 0.15) is 0 Å². The number of hydrogen-bond donors (Lipinski definition) is 2. The second-order valence-corrected chi connectivity index (χ2v) is 7.70. The zero-order valence-corrected chi connectivity index (χ0v) is 17.6. The van der Waals surface area contributed by atoms with Crippen molar-refractivity contribution in [2.45, 2.75) is 25.8 Å². The van der Waals surface area contributed by atoms with E-state index in [0.717, 1.165) is 17.7 Å². The second-order valence-electron chi connectivity index (χ2n) is 6.14. The minimum Gasteiger partial charge on any atom is -0.493 e. The fourth-order valence-corrected chi connectivity index (χ4v) is 4.07. The van der Waals surface area contributed by atoms with Gasteiger partial charge in [-0.2, -0.15) is 0 Å². The lowest BCUT2D eigenvalue weighted by Crippen LogP contribution is -2.30. The molecule has 1 aliphatic rings. The lowest BCUT2D eigenvalue weighted by Gasteiger charge is -2.13. The molecule has 2 aromatic rings. The number of amides is 1. The van der Waals surface area contributed by atoms with Crippen LogP contribution in [0.2, 0.25) is 5.02 Å². The maximum Gasteiger partial charge on any atom is 0.260 e. The minimum atomic E-state index is -0.230. The van der Waals surface area contributed by atoms with Crippen LogP contribution in [-0.2, 0) is 11.2 Å². The van der Waals surface area contributed by atoms with Crippen LogP contribution in [0.4, 0.5) is 5.69 Å². The first-order valence-corrected chi connectivity index (χ1v) is 10.3. The normalized spacial score (nSPS) is 17.5. The zero-order valence-electron chi connectivity index (χ0n) is 16.0. The lowest BCUT2D eigenvalue weighted by atomic mass is 10.1. The number of nitrogens with one attached hydrogen (secondary N) is 2. The van der Waals surface area contributed by atoms with Crippen molar-refractivity contribution in [3.63, 3.8) is 0 Å². The topological polar surface area (TPSA) is 59.6 Å². The SMILES string of the molecule is CCOc1c(Cl)cc(/C=C2\S[C@@H](Nc3ccc(CC)cc3)NC2=O)cc1OC. The molecular formula is C21H23ClN2O3S. The Morgan fingerprint density at radius 3 is 2.64 bits per heavy atom. The van der Waals surface area contributed by atoms with Crippen LogP contribution in [0, 0.1) is 0 Å². The first kappa shape index (κ1) is 20.4. The predicted molar refractivity (Wildman–Crippen MR) is 116 cm³/mol. The van der Waals surface area contributed by atoms with Crippen molar-refractivity contribution in [2.75, 3.05) is 19.0 Å². The zero-order chi connectivity index (χ0) is 20.1. The number of hydrogen-bond acceptors (Lipinski definition) is 5. The summed E-state index contributed by atoms with van der Waals surface area (Å²) in [5.41, 5.74) is 2.78. The summed E-state index contributed by atoms with van der Waals surface area (Å²) in [6, 6.07) is 11.8. The molecule has 0 aliphatic carbocycles. The Labute approximate surface area is 174 Å². The van der Waals surface area contributed by atoms with Crippen LogP contribution in [0.5, 0.6) is 11.5 Å². The number of carbonyl (C=O) groups excluding carboxylic acids is 1. The number of halogens is 1. The van der Waals surface area contributed by atoms with Gasteiger partial charge in [0.05, 0.1) is 23.6 Å². The van der Waals surface area contributed by atoms with Gasteiger partial charge >= 0.3 is 0 Å². The molecule has 0 saturated carbocycles. The minimum absolute atomic E-state index is 0.128. The van der Waals surface area contributed by atoms with Gasteiger partial charge in [-0.1, -0.05) is 42.4 Å². The fourth-order valence-electron chi connectivity index (χ4n) is 2.81. The number of rotatable bonds is 7. The highest BCUT2D eigenvalue weighted by Gasteiger charge is 2.27. The van der Waals surface area contributed by atoms with Crippen LogP contribution in [0.25, 0.3) is 6.08 Å². The summed E-state index contributed by atoms with van der Waals surface area (Å²) in [6.45, 7) is 4.49. The third kappa shape index (κ3) is 4.75. The number of ether oxygens (including phenoxy) is 2. The number of thioether (sulfide) groups is 1. The molecule has 0 spiro atoms. The van der Waals surface area contributed by atoms with E-state index >= 15 is 0 Å². The molecule has 1 amide bonds. The van der Waals surface area contributed by atoms with Gasteiger partial charge in [-0.05, 0) is 54.8 Å². The standard InChI is InChI=1S/C21H23ClN2O3S/c1-4-13-6-8-15(9-7-13)23-21-24-20(25)18(28-21)12-14-10-16(22)19(27-5-2)17(11-14)26-3/h6-12,21,23H,4-5H2,1-3H3,(H,24,25)/b18-12-/t21-/m0/s1. The highest BCUT2D eigenvalue weighted by molar-refractivity contribution is 8.05. The molecule has 2 aromatic carbocycles. The van der Waals surface area contributed by atoms with Gasteiger partial charge in [0.25, 0.3) is 5.91 Å². The van der Waals surface area contributed by atoms with Crippen LogP contribution in [0.3, 0.4) is 0 Å². The molecular weight excluding hydrogens is 396 g/mol. The summed E-state index contributed by atoms with van der Waals surface area (Å²) < 4.78 is 10.9. The summed E-state index contributed by atoms with van der Waals surface area (Å²) in [5, 5.41) is 6.70. The highest BCUT2D eigenvalue weighted by atomic mass is 35.5. The Bertz CT molecular complexity index is 884. The van der Waals surface area contributed by atoms with E-state index in [9.17, 15) is 4.79 Å². The quantitative estimate of drug-likeness (QED) is 0.625. The van der Waals surface area contributed by atoms with E-state index in [2.05, 4.69) is 29.7 Å². The van der Waals surface area contributed by atoms with Gasteiger partial charge in [-0.3, -0.25) is 4.79 Å². The maximum absolute atomic E-state index is 12.4. The molecule has 2 N–H and O–H groups in total. The smallest absolute Gasteiger partial charge is 0.260 e. The van der Waals surface area contributed by atoms with Crippen molar-refractivity contribution in [2.24, 2.45) is 0 Å². The van der Waals surface area contributed by atoms with Gasteiger partial charge in [-0.25, -0.2) is 0 Å². The monoisotopic (exact) mass is 418 g/mol. The predicted octanol–water partition coefficient (Wildman–Crippen LogP) is 4.91. The summed E-state index contributed by atoms with van der Waals surface area (Å²) in [7, 11) is 1.56. The Morgan fingerprint density at radius 1 is 1.25 bits per heavy atom.